The minimum Gasteiger partial charge on any atom is -0.353 e. The average molecular weight is 246 g/mol. The highest BCUT2D eigenvalue weighted by molar-refractivity contribution is 5.41. The van der Waals surface area contributed by atoms with Crippen LogP contribution in [0.25, 0.3) is 0 Å². The van der Waals surface area contributed by atoms with Crippen molar-refractivity contribution in [3.05, 3.63) is 24.4 Å². The first-order valence-corrected chi connectivity index (χ1v) is 6.99. The smallest absolute Gasteiger partial charge is 0.128 e. The van der Waals surface area contributed by atoms with Gasteiger partial charge in [0.25, 0.3) is 0 Å². The van der Waals surface area contributed by atoms with E-state index in [1.165, 1.54) is 32.7 Å². The minimum atomic E-state index is 0.742. The van der Waals surface area contributed by atoms with Crippen molar-refractivity contribution in [2.24, 2.45) is 0 Å². The molecule has 3 rings (SSSR count). The summed E-state index contributed by atoms with van der Waals surface area (Å²) in [5.41, 5.74) is 0. The molecule has 2 saturated heterocycles. The summed E-state index contributed by atoms with van der Waals surface area (Å²) in [6.07, 6.45) is 1.88. The minimum absolute atomic E-state index is 0.742. The van der Waals surface area contributed by atoms with Crippen LogP contribution in [0.1, 0.15) is 6.92 Å². The van der Waals surface area contributed by atoms with E-state index >= 15 is 0 Å². The summed E-state index contributed by atoms with van der Waals surface area (Å²) in [5, 5.41) is 0. The zero-order valence-electron chi connectivity index (χ0n) is 11.1. The molecule has 0 N–H and O–H groups in total. The molecule has 0 aliphatic carbocycles. The van der Waals surface area contributed by atoms with E-state index in [-0.39, 0.29) is 0 Å². The first kappa shape index (κ1) is 11.9. The fraction of sp³-hybridized carbons (Fsp3) is 0.643. The molecule has 0 saturated carbocycles. The third-order valence-corrected chi connectivity index (χ3v) is 4.21. The van der Waals surface area contributed by atoms with Crippen LogP contribution < -0.4 is 4.90 Å². The highest BCUT2D eigenvalue weighted by Gasteiger charge is 2.33. The van der Waals surface area contributed by atoms with Crippen LogP contribution >= 0.6 is 0 Å². The number of hydrogen-bond acceptors (Lipinski definition) is 4. The van der Waals surface area contributed by atoms with Crippen LogP contribution in [0, 0.1) is 0 Å². The summed E-state index contributed by atoms with van der Waals surface area (Å²) in [7, 11) is 0. The Balaban J connectivity index is 1.48. The van der Waals surface area contributed by atoms with Gasteiger partial charge in [0, 0.05) is 51.5 Å². The monoisotopic (exact) mass is 246 g/mol. The summed E-state index contributed by atoms with van der Waals surface area (Å²) in [6.45, 7) is 10.7. The van der Waals surface area contributed by atoms with Gasteiger partial charge in [-0.05, 0) is 18.7 Å². The van der Waals surface area contributed by atoms with Crippen molar-refractivity contribution in [3.8, 4) is 0 Å². The van der Waals surface area contributed by atoms with Crippen molar-refractivity contribution in [3.63, 3.8) is 0 Å². The molecule has 4 heteroatoms. The van der Waals surface area contributed by atoms with E-state index in [2.05, 4.69) is 38.7 Å². The largest absolute Gasteiger partial charge is 0.353 e. The molecule has 2 aliphatic rings. The molecule has 0 amide bonds. The Morgan fingerprint density at radius 1 is 1.17 bits per heavy atom. The molecule has 0 bridgehead atoms. The maximum absolute atomic E-state index is 4.40. The fourth-order valence-corrected chi connectivity index (χ4v) is 2.86. The van der Waals surface area contributed by atoms with Gasteiger partial charge in [0.05, 0.1) is 0 Å². The summed E-state index contributed by atoms with van der Waals surface area (Å²) >= 11 is 0. The Bertz CT molecular complexity index is 367. The number of likely N-dealkylation sites (N-methyl/N-ethyl adjacent to an activating group) is 1. The number of rotatable bonds is 3. The number of anilines is 1. The van der Waals surface area contributed by atoms with Crippen LogP contribution in [-0.2, 0) is 0 Å². The molecule has 98 valence electrons. The van der Waals surface area contributed by atoms with Gasteiger partial charge < -0.3 is 9.80 Å². The van der Waals surface area contributed by atoms with Crippen molar-refractivity contribution in [2.75, 3.05) is 50.7 Å². The molecule has 3 heterocycles. The van der Waals surface area contributed by atoms with Gasteiger partial charge >= 0.3 is 0 Å². The first-order valence-electron chi connectivity index (χ1n) is 6.99. The van der Waals surface area contributed by atoms with E-state index in [1.807, 2.05) is 12.3 Å². The van der Waals surface area contributed by atoms with Gasteiger partial charge in [0.2, 0.25) is 0 Å². The van der Waals surface area contributed by atoms with Crippen molar-refractivity contribution in [2.45, 2.75) is 13.0 Å². The van der Waals surface area contributed by atoms with Gasteiger partial charge in [-0.25, -0.2) is 4.98 Å². The normalized spacial score (nSPS) is 23.1. The van der Waals surface area contributed by atoms with Crippen molar-refractivity contribution < 1.29 is 0 Å². The van der Waals surface area contributed by atoms with E-state index in [0.717, 1.165) is 24.9 Å². The molecule has 1 aromatic heterocycles. The SMILES string of the molecule is CCN1CCN(C2CN(c3ccccn3)C2)CC1. The van der Waals surface area contributed by atoms with Gasteiger partial charge in [-0.15, -0.1) is 0 Å². The summed E-state index contributed by atoms with van der Waals surface area (Å²) in [5.74, 6) is 1.13. The van der Waals surface area contributed by atoms with Gasteiger partial charge in [0.1, 0.15) is 5.82 Å². The Labute approximate surface area is 109 Å². The Morgan fingerprint density at radius 2 is 1.94 bits per heavy atom. The predicted octanol–water partition coefficient (Wildman–Crippen LogP) is 0.908. The molecule has 2 fully saturated rings. The fourth-order valence-electron chi connectivity index (χ4n) is 2.86. The molecule has 0 aromatic carbocycles. The second kappa shape index (κ2) is 5.24. The molecule has 0 radical (unpaired) electrons. The van der Waals surface area contributed by atoms with Crippen LogP contribution in [-0.4, -0.2) is 66.6 Å². The molecule has 2 aliphatic heterocycles. The zero-order chi connectivity index (χ0) is 12.4. The van der Waals surface area contributed by atoms with E-state index in [1.54, 1.807) is 0 Å². The highest BCUT2D eigenvalue weighted by Crippen LogP contribution is 2.22. The summed E-state index contributed by atoms with van der Waals surface area (Å²) < 4.78 is 0. The van der Waals surface area contributed by atoms with E-state index < -0.39 is 0 Å². The topological polar surface area (TPSA) is 22.6 Å². The lowest BCUT2D eigenvalue weighted by Crippen LogP contribution is -2.63. The van der Waals surface area contributed by atoms with Crippen LogP contribution in [0.4, 0.5) is 5.82 Å². The van der Waals surface area contributed by atoms with E-state index in [4.69, 9.17) is 0 Å². The quantitative estimate of drug-likeness (QED) is 0.790. The van der Waals surface area contributed by atoms with Crippen LogP contribution in [0.5, 0.6) is 0 Å². The summed E-state index contributed by atoms with van der Waals surface area (Å²) in [4.78, 5) is 12.0. The van der Waals surface area contributed by atoms with Crippen LogP contribution in [0.2, 0.25) is 0 Å². The second-order valence-electron chi connectivity index (χ2n) is 5.22. The number of aromatic nitrogens is 1. The van der Waals surface area contributed by atoms with Crippen LogP contribution in [0.3, 0.4) is 0 Å². The summed E-state index contributed by atoms with van der Waals surface area (Å²) in [6, 6.07) is 6.89. The number of piperazine rings is 1. The molecule has 1 aromatic rings. The maximum Gasteiger partial charge on any atom is 0.128 e. The van der Waals surface area contributed by atoms with Gasteiger partial charge in [-0.2, -0.15) is 0 Å². The number of nitrogens with zero attached hydrogens (tertiary/aromatic N) is 4. The molecule has 4 nitrogen and oxygen atoms in total. The lowest BCUT2D eigenvalue weighted by atomic mass is 10.1. The average Bonchev–Trinajstić information content (AvgIpc) is 2.39. The van der Waals surface area contributed by atoms with Crippen molar-refractivity contribution in [1.82, 2.24) is 14.8 Å². The molecule has 0 unspecified atom stereocenters. The van der Waals surface area contributed by atoms with Gasteiger partial charge in [-0.1, -0.05) is 13.0 Å². The zero-order valence-corrected chi connectivity index (χ0v) is 11.1. The van der Waals surface area contributed by atoms with Crippen LogP contribution in [0.15, 0.2) is 24.4 Å². The van der Waals surface area contributed by atoms with Gasteiger partial charge in [-0.3, -0.25) is 4.90 Å². The Kier molecular flexibility index (Phi) is 3.48. The van der Waals surface area contributed by atoms with Crippen molar-refractivity contribution in [1.29, 1.82) is 0 Å². The Morgan fingerprint density at radius 3 is 2.56 bits per heavy atom. The Hall–Kier alpha value is -1.13. The molecular formula is C14H22N4. The third-order valence-electron chi connectivity index (χ3n) is 4.21. The predicted molar refractivity (Wildman–Crippen MR) is 73.9 cm³/mol. The van der Waals surface area contributed by atoms with Crippen molar-refractivity contribution >= 4 is 5.82 Å². The second-order valence-corrected chi connectivity index (χ2v) is 5.22. The van der Waals surface area contributed by atoms with E-state index in [9.17, 15) is 0 Å². The molecule has 0 atom stereocenters. The third kappa shape index (κ3) is 2.35. The standard InChI is InChI=1S/C14H22N4/c1-2-16-7-9-17(10-8-16)13-11-18(12-13)14-5-3-4-6-15-14/h3-6,13H,2,7-12H2,1H3. The lowest BCUT2D eigenvalue weighted by Gasteiger charge is -2.48. The number of hydrogen-bond donors (Lipinski definition) is 0. The highest BCUT2D eigenvalue weighted by atomic mass is 15.4. The van der Waals surface area contributed by atoms with Gasteiger partial charge in [0.15, 0.2) is 0 Å². The number of pyridine rings is 1. The van der Waals surface area contributed by atoms with E-state index in [0.29, 0.717) is 0 Å². The maximum atomic E-state index is 4.40. The molecule has 18 heavy (non-hydrogen) atoms. The first-order chi connectivity index (χ1) is 8.86. The lowest BCUT2D eigenvalue weighted by molar-refractivity contribution is 0.0859. The molecule has 0 spiro atoms. The molecular weight excluding hydrogens is 224 g/mol.